The zero-order valence-electron chi connectivity index (χ0n) is 15.0. The Labute approximate surface area is 152 Å². The largest absolute Gasteiger partial charge is 0.338 e. The number of nitrogens with zero attached hydrogens (tertiary/aromatic N) is 6. The van der Waals surface area contributed by atoms with Crippen LogP contribution in [0, 0.1) is 6.92 Å². The fraction of sp³-hybridized carbons (Fsp3) is 0.368. The van der Waals surface area contributed by atoms with Gasteiger partial charge in [0.05, 0.1) is 11.3 Å². The molecule has 1 aliphatic rings. The lowest BCUT2D eigenvalue weighted by Crippen LogP contribution is -2.39. The first-order chi connectivity index (χ1) is 12.6. The Morgan fingerprint density at radius 1 is 1.31 bits per heavy atom. The van der Waals surface area contributed by atoms with Crippen LogP contribution in [0.25, 0.3) is 5.82 Å². The molecule has 0 saturated carbocycles. The van der Waals surface area contributed by atoms with E-state index in [2.05, 4.69) is 19.6 Å². The Morgan fingerprint density at radius 2 is 2.19 bits per heavy atom. The van der Waals surface area contributed by atoms with Crippen molar-refractivity contribution in [3.8, 4) is 5.82 Å². The van der Waals surface area contributed by atoms with Gasteiger partial charge in [0, 0.05) is 50.8 Å². The van der Waals surface area contributed by atoms with Gasteiger partial charge in [-0.25, -0.2) is 14.6 Å². The number of hydrogen-bond donors (Lipinski definition) is 0. The van der Waals surface area contributed by atoms with Crippen LogP contribution < -0.4 is 0 Å². The molecule has 7 heteroatoms. The molecule has 0 N–H and O–H groups in total. The van der Waals surface area contributed by atoms with Gasteiger partial charge in [-0.15, -0.1) is 0 Å². The molecule has 0 aromatic carbocycles. The van der Waals surface area contributed by atoms with Crippen molar-refractivity contribution in [2.24, 2.45) is 7.05 Å². The molecule has 0 unspecified atom stereocenters. The van der Waals surface area contributed by atoms with Gasteiger partial charge in [-0.2, -0.15) is 5.10 Å². The molecule has 4 rings (SSSR count). The Morgan fingerprint density at radius 3 is 2.85 bits per heavy atom. The minimum atomic E-state index is 0.0279. The maximum Gasteiger partial charge on any atom is 0.255 e. The number of pyridine rings is 1. The topological polar surface area (TPSA) is 68.8 Å². The Kier molecular flexibility index (Phi) is 4.28. The van der Waals surface area contributed by atoms with E-state index in [9.17, 15) is 4.79 Å². The SMILES string of the molecule is Cc1cn(C)c([C@H]2CCCN(C(=O)c3ccc(-n4cccn4)nc3)C2)n1. The van der Waals surface area contributed by atoms with Gasteiger partial charge in [0.15, 0.2) is 5.82 Å². The van der Waals surface area contributed by atoms with E-state index in [4.69, 9.17) is 0 Å². The third-order valence-electron chi connectivity index (χ3n) is 4.84. The maximum absolute atomic E-state index is 12.9. The van der Waals surface area contributed by atoms with Crippen LogP contribution in [-0.2, 0) is 7.05 Å². The number of hydrogen-bond acceptors (Lipinski definition) is 4. The van der Waals surface area contributed by atoms with Crippen molar-refractivity contribution in [1.82, 2.24) is 29.2 Å². The maximum atomic E-state index is 12.9. The minimum absolute atomic E-state index is 0.0279. The van der Waals surface area contributed by atoms with Gasteiger partial charge in [-0.3, -0.25) is 4.79 Å². The van der Waals surface area contributed by atoms with Crippen molar-refractivity contribution >= 4 is 5.91 Å². The summed E-state index contributed by atoms with van der Waals surface area (Å²) < 4.78 is 3.75. The van der Waals surface area contributed by atoms with Gasteiger partial charge < -0.3 is 9.47 Å². The van der Waals surface area contributed by atoms with Gasteiger partial charge in [-0.05, 0) is 38.0 Å². The highest BCUT2D eigenvalue weighted by molar-refractivity contribution is 5.94. The standard InChI is InChI=1S/C19H22N6O/c1-14-12-23(2)18(22-14)16-5-3-9-24(13-16)19(26)15-6-7-17(20-11-15)25-10-4-8-21-25/h4,6-8,10-12,16H,3,5,9,13H2,1-2H3/t16-/m0/s1. The summed E-state index contributed by atoms with van der Waals surface area (Å²) >= 11 is 0. The third kappa shape index (κ3) is 3.12. The second-order valence-corrected chi connectivity index (χ2v) is 6.80. The van der Waals surface area contributed by atoms with Gasteiger partial charge in [0.1, 0.15) is 5.82 Å². The van der Waals surface area contributed by atoms with E-state index in [1.807, 2.05) is 49.5 Å². The number of carbonyl (C=O) groups excluding carboxylic acids is 1. The molecule has 1 fully saturated rings. The van der Waals surface area contributed by atoms with E-state index in [1.54, 1.807) is 17.1 Å². The average molecular weight is 350 g/mol. The summed E-state index contributed by atoms with van der Waals surface area (Å²) in [7, 11) is 2.02. The quantitative estimate of drug-likeness (QED) is 0.727. The number of rotatable bonds is 3. The smallest absolute Gasteiger partial charge is 0.255 e. The van der Waals surface area contributed by atoms with Crippen molar-refractivity contribution in [2.75, 3.05) is 13.1 Å². The molecule has 7 nitrogen and oxygen atoms in total. The summed E-state index contributed by atoms with van der Waals surface area (Å²) in [6.45, 7) is 3.48. The fourth-order valence-corrected chi connectivity index (χ4v) is 3.62. The van der Waals surface area contributed by atoms with Crippen LogP contribution in [0.1, 0.15) is 40.6 Å². The van der Waals surface area contributed by atoms with Gasteiger partial charge >= 0.3 is 0 Å². The molecular weight excluding hydrogens is 328 g/mol. The van der Waals surface area contributed by atoms with Gasteiger partial charge in [0.25, 0.3) is 5.91 Å². The minimum Gasteiger partial charge on any atom is -0.338 e. The first-order valence-corrected chi connectivity index (χ1v) is 8.87. The van der Waals surface area contributed by atoms with Crippen molar-refractivity contribution in [3.05, 3.63) is 60.1 Å². The second-order valence-electron chi connectivity index (χ2n) is 6.80. The van der Waals surface area contributed by atoms with Crippen LogP contribution in [0.5, 0.6) is 0 Å². The zero-order chi connectivity index (χ0) is 18.1. The number of amides is 1. The van der Waals surface area contributed by atoms with E-state index < -0.39 is 0 Å². The molecule has 26 heavy (non-hydrogen) atoms. The van der Waals surface area contributed by atoms with E-state index >= 15 is 0 Å². The Balaban J connectivity index is 1.50. The number of aryl methyl sites for hydroxylation is 2. The van der Waals surface area contributed by atoms with Gasteiger partial charge in [0.2, 0.25) is 0 Å². The fourth-order valence-electron chi connectivity index (χ4n) is 3.62. The molecule has 0 radical (unpaired) electrons. The molecule has 4 heterocycles. The third-order valence-corrected chi connectivity index (χ3v) is 4.84. The molecule has 0 bridgehead atoms. The summed E-state index contributed by atoms with van der Waals surface area (Å²) in [5, 5.41) is 4.15. The summed E-state index contributed by atoms with van der Waals surface area (Å²) in [6.07, 6.45) is 9.25. The predicted octanol–water partition coefficient (Wildman–Crippen LogP) is 2.33. The Hall–Kier alpha value is -2.96. The molecular formula is C19H22N6O. The zero-order valence-corrected chi connectivity index (χ0v) is 15.0. The molecule has 1 aliphatic heterocycles. The van der Waals surface area contributed by atoms with Crippen LogP contribution in [0.4, 0.5) is 0 Å². The molecule has 1 amide bonds. The summed E-state index contributed by atoms with van der Waals surface area (Å²) in [5.41, 5.74) is 1.63. The molecule has 1 atom stereocenters. The summed E-state index contributed by atoms with van der Waals surface area (Å²) in [6, 6.07) is 5.48. The molecule has 0 spiro atoms. The van der Waals surface area contributed by atoms with Crippen LogP contribution in [-0.4, -0.2) is 48.2 Å². The Bertz CT molecular complexity index is 897. The predicted molar refractivity (Wildman–Crippen MR) is 97.2 cm³/mol. The first kappa shape index (κ1) is 16.5. The monoisotopic (exact) mass is 350 g/mol. The van der Waals surface area contributed by atoms with Crippen LogP contribution in [0.15, 0.2) is 43.0 Å². The highest BCUT2D eigenvalue weighted by atomic mass is 16.2. The van der Waals surface area contributed by atoms with E-state index in [1.165, 1.54) is 0 Å². The normalized spacial score (nSPS) is 17.5. The van der Waals surface area contributed by atoms with Crippen LogP contribution in [0.3, 0.4) is 0 Å². The van der Waals surface area contributed by atoms with Crippen molar-refractivity contribution in [1.29, 1.82) is 0 Å². The second kappa shape index (κ2) is 6.74. The summed E-state index contributed by atoms with van der Waals surface area (Å²) in [4.78, 5) is 23.8. The number of imidazole rings is 1. The lowest BCUT2D eigenvalue weighted by Gasteiger charge is -2.32. The van der Waals surface area contributed by atoms with Crippen molar-refractivity contribution in [3.63, 3.8) is 0 Å². The van der Waals surface area contributed by atoms with Crippen molar-refractivity contribution in [2.45, 2.75) is 25.7 Å². The first-order valence-electron chi connectivity index (χ1n) is 8.87. The van der Waals surface area contributed by atoms with E-state index in [-0.39, 0.29) is 11.8 Å². The molecule has 3 aromatic rings. The van der Waals surface area contributed by atoms with Crippen molar-refractivity contribution < 1.29 is 4.79 Å². The highest BCUT2D eigenvalue weighted by Crippen LogP contribution is 2.27. The lowest BCUT2D eigenvalue weighted by atomic mass is 9.96. The molecule has 0 aliphatic carbocycles. The van der Waals surface area contributed by atoms with Crippen LogP contribution >= 0.6 is 0 Å². The average Bonchev–Trinajstić information content (AvgIpc) is 3.31. The molecule has 3 aromatic heterocycles. The lowest BCUT2D eigenvalue weighted by molar-refractivity contribution is 0.0703. The number of carbonyl (C=O) groups is 1. The van der Waals surface area contributed by atoms with E-state index in [0.29, 0.717) is 17.9 Å². The number of aromatic nitrogens is 5. The van der Waals surface area contributed by atoms with E-state index in [0.717, 1.165) is 30.9 Å². The molecule has 134 valence electrons. The molecule has 1 saturated heterocycles. The summed E-state index contributed by atoms with van der Waals surface area (Å²) in [5.74, 6) is 2.07. The van der Waals surface area contributed by atoms with Crippen LogP contribution in [0.2, 0.25) is 0 Å². The number of piperidine rings is 1. The highest BCUT2D eigenvalue weighted by Gasteiger charge is 2.28. The number of likely N-dealkylation sites (tertiary alicyclic amines) is 1. The van der Waals surface area contributed by atoms with Gasteiger partial charge in [-0.1, -0.05) is 0 Å².